The number of carbonyl (C=O) groups is 2. The van der Waals surface area contributed by atoms with Crippen molar-refractivity contribution < 1.29 is 19.1 Å². The number of methoxy groups -OCH3 is 1. The third kappa shape index (κ3) is 5.77. The van der Waals surface area contributed by atoms with Crippen molar-refractivity contribution in [3.05, 3.63) is 0 Å². The molecule has 0 bridgehead atoms. The van der Waals surface area contributed by atoms with Crippen LogP contribution in [-0.2, 0) is 14.3 Å². The summed E-state index contributed by atoms with van der Waals surface area (Å²) in [7, 11) is 1.41. The Balaban J connectivity index is 2.46. The molecular weight excluding hydrogens is 260 g/mol. The molecule has 0 aliphatic carbocycles. The van der Waals surface area contributed by atoms with Crippen molar-refractivity contribution in [2.24, 2.45) is 5.92 Å². The fourth-order valence-electron chi connectivity index (χ4n) is 2.64. The van der Waals surface area contributed by atoms with Crippen LogP contribution in [0.1, 0.15) is 33.1 Å². The first-order valence-corrected chi connectivity index (χ1v) is 7.31. The van der Waals surface area contributed by atoms with Crippen molar-refractivity contribution in [2.45, 2.75) is 39.2 Å². The van der Waals surface area contributed by atoms with Gasteiger partial charge in [-0.25, -0.2) is 4.79 Å². The first-order valence-electron chi connectivity index (χ1n) is 7.31. The number of ether oxygens (including phenoxy) is 2. The Morgan fingerprint density at radius 1 is 1.30 bits per heavy atom. The summed E-state index contributed by atoms with van der Waals surface area (Å²) in [6.07, 6.45) is 1.75. The average Bonchev–Trinajstić information content (AvgIpc) is 2.44. The molecule has 1 aliphatic heterocycles. The van der Waals surface area contributed by atoms with Crippen LogP contribution in [0.4, 0.5) is 4.79 Å². The Morgan fingerprint density at radius 3 is 2.65 bits per heavy atom. The number of carbonyl (C=O) groups excluding carboxylic acids is 2. The number of hydrogen-bond acceptors (Lipinski definition) is 5. The van der Waals surface area contributed by atoms with E-state index in [1.54, 1.807) is 6.92 Å². The van der Waals surface area contributed by atoms with Crippen LogP contribution in [0.2, 0.25) is 0 Å². The fourth-order valence-corrected chi connectivity index (χ4v) is 2.64. The van der Waals surface area contributed by atoms with E-state index in [0.29, 0.717) is 18.9 Å². The van der Waals surface area contributed by atoms with Crippen molar-refractivity contribution in [1.29, 1.82) is 0 Å². The van der Waals surface area contributed by atoms with E-state index in [-0.39, 0.29) is 18.1 Å². The maximum absolute atomic E-state index is 11.5. The number of likely N-dealkylation sites (tertiary alicyclic amines) is 1. The van der Waals surface area contributed by atoms with Gasteiger partial charge in [0.15, 0.2) is 0 Å². The third-order valence-corrected chi connectivity index (χ3v) is 3.64. The lowest BCUT2D eigenvalue weighted by atomic mass is 9.90. The highest BCUT2D eigenvalue weighted by atomic mass is 16.5. The number of piperidine rings is 1. The van der Waals surface area contributed by atoms with Crippen molar-refractivity contribution in [3.8, 4) is 0 Å². The van der Waals surface area contributed by atoms with Crippen molar-refractivity contribution in [1.82, 2.24) is 10.2 Å². The van der Waals surface area contributed by atoms with Crippen LogP contribution in [-0.4, -0.2) is 56.4 Å². The molecule has 0 spiro atoms. The molecule has 1 fully saturated rings. The number of alkyl carbamates (subject to hydrolysis) is 1. The highest BCUT2D eigenvalue weighted by Gasteiger charge is 2.28. The van der Waals surface area contributed by atoms with Gasteiger partial charge in [-0.3, -0.25) is 4.79 Å². The van der Waals surface area contributed by atoms with Gasteiger partial charge in [-0.05, 0) is 32.2 Å². The summed E-state index contributed by atoms with van der Waals surface area (Å²) in [4.78, 5) is 25.0. The molecule has 1 rings (SSSR count). The summed E-state index contributed by atoms with van der Waals surface area (Å²) < 4.78 is 9.60. The Morgan fingerprint density at radius 2 is 2.05 bits per heavy atom. The predicted molar refractivity (Wildman–Crippen MR) is 75.4 cm³/mol. The fraction of sp³-hybridized carbons (Fsp3) is 0.857. The zero-order chi connectivity index (χ0) is 15.0. The largest absolute Gasteiger partial charge is 0.469 e. The lowest BCUT2D eigenvalue weighted by Crippen LogP contribution is -2.50. The van der Waals surface area contributed by atoms with Crippen molar-refractivity contribution >= 4 is 12.1 Å². The van der Waals surface area contributed by atoms with E-state index in [1.165, 1.54) is 7.11 Å². The van der Waals surface area contributed by atoms with E-state index in [4.69, 9.17) is 4.74 Å². The summed E-state index contributed by atoms with van der Waals surface area (Å²) in [5, 5.41) is 2.90. The molecule has 6 nitrogen and oxygen atoms in total. The van der Waals surface area contributed by atoms with E-state index < -0.39 is 0 Å². The zero-order valence-corrected chi connectivity index (χ0v) is 12.7. The SMILES string of the molecule is CCOC(=O)NC1CC(CCC(=O)OC)CN(CC)C1. The quantitative estimate of drug-likeness (QED) is 0.747. The highest BCUT2D eigenvalue weighted by molar-refractivity contribution is 5.69. The van der Waals surface area contributed by atoms with Gasteiger partial charge in [0, 0.05) is 25.6 Å². The molecule has 0 aromatic carbocycles. The molecule has 1 N–H and O–H groups in total. The van der Waals surface area contributed by atoms with Gasteiger partial charge in [-0.1, -0.05) is 6.92 Å². The topological polar surface area (TPSA) is 67.9 Å². The van der Waals surface area contributed by atoms with Crippen LogP contribution in [0.3, 0.4) is 0 Å². The second-order valence-electron chi connectivity index (χ2n) is 5.13. The van der Waals surface area contributed by atoms with Crippen LogP contribution in [0, 0.1) is 5.92 Å². The maximum Gasteiger partial charge on any atom is 0.407 e. The van der Waals surface area contributed by atoms with Crippen LogP contribution in [0.15, 0.2) is 0 Å². The maximum atomic E-state index is 11.5. The van der Waals surface area contributed by atoms with Crippen LogP contribution in [0.5, 0.6) is 0 Å². The average molecular weight is 286 g/mol. The molecule has 0 aromatic rings. The number of esters is 1. The lowest BCUT2D eigenvalue weighted by molar-refractivity contribution is -0.141. The Labute approximate surface area is 120 Å². The first-order chi connectivity index (χ1) is 9.58. The van der Waals surface area contributed by atoms with E-state index in [1.807, 2.05) is 0 Å². The molecule has 6 heteroatoms. The molecule has 0 saturated carbocycles. The van der Waals surface area contributed by atoms with Gasteiger partial charge < -0.3 is 19.7 Å². The normalized spacial score (nSPS) is 23.1. The smallest absolute Gasteiger partial charge is 0.407 e. The number of rotatable bonds is 6. The molecule has 0 aromatic heterocycles. The monoisotopic (exact) mass is 286 g/mol. The number of hydrogen-bond donors (Lipinski definition) is 1. The van der Waals surface area contributed by atoms with Gasteiger partial charge in [-0.2, -0.15) is 0 Å². The Hall–Kier alpha value is -1.30. The van der Waals surface area contributed by atoms with Crippen molar-refractivity contribution in [3.63, 3.8) is 0 Å². The molecule has 1 aliphatic rings. The molecule has 0 radical (unpaired) electrons. The lowest BCUT2D eigenvalue weighted by Gasteiger charge is -2.37. The van der Waals surface area contributed by atoms with Gasteiger partial charge in [0.05, 0.1) is 13.7 Å². The number of nitrogens with zero attached hydrogens (tertiary/aromatic N) is 1. The Bertz CT molecular complexity index is 322. The molecule has 20 heavy (non-hydrogen) atoms. The minimum atomic E-state index is -0.359. The summed E-state index contributed by atoms with van der Waals surface area (Å²) in [5.41, 5.74) is 0. The minimum Gasteiger partial charge on any atom is -0.469 e. The predicted octanol–water partition coefficient (Wildman–Crippen LogP) is 1.40. The number of amides is 1. The van der Waals surface area contributed by atoms with E-state index >= 15 is 0 Å². The van der Waals surface area contributed by atoms with E-state index in [9.17, 15) is 9.59 Å². The van der Waals surface area contributed by atoms with E-state index in [0.717, 1.165) is 32.5 Å². The molecule has 116 valence electrons. The van der Waals surface area contributed by atoms with Crippen LogP contribution in [0.25, 0.3) is 0 Å². The second kappa shape index (κ2) is 8.79. The molecule has 1 heterocycles. The van der Waals surface area contributed by atoms with Gasteiger partial charge in [0.1, 0.15) is 0 Å². The third-order valence-electron chi connectivity index (χ3n) is 3.64. The van der Waals surface area contributed by atoms with Gasteiger partial charge >= 0.3 is 12.1 Å². The standard InChI is InChI=1S/C14H26N2O4/c1-4-16-9-11(6-7-13(17)19-3)8-12(10-16)15-14(18)20-5-2/h11-12H,4-10H2,1-3H3,(H,15,18). The molecule has 1 saturated heterocycles. The zero-order valence-electron chi connectivity index (χ0n) is 12.7. The van der Waals surface area contributed by atoms with Crippen LogP contribution < -0.4 is 5.32 Å². The molecule has 2 atom stereocenters. The van der Waals surface area contributed by atoms with Crippen LogP contribution >= 0.6 is 0 Å². The second-order valence-corrected chi connectivity index (χ2v) is 5.13. The van der Waals surface area contributed by atoms with E-state index in [2.05, 4.69) is 21.9 Å². The van der Waals surface area contributed by atoms with Gasteiger partial charge in [0.2, 0.25) is 0 Å². The first kappa shape index (κ1) is 16.8. The number of nitrogens with one attached hydrogen (secondary N) is 1. The highest BCUT2D eigenvalue weighted by Crippen LogP contribution is 2.21. The summed E-state index contributed by atoms with van der Waals surface area (Å²) in [6, 6.07) is 0.0883. The summed E-state index contributed by atoms with van der Waals surface area (Å²) in [5.74, 6) is 0.225. The molecular formula is C14H26N2O4. The number of likely N-dealkylation sites (N-methyl/N-ethyl adjacent to an activating group) is 1. The molecule has 2 unspecified atom stereocenters. The Kier molecular flexibility index (Phi) is 7.36. The minimum absolute atomic E-state index is 0.0883. The van der Waals surface area contributed by atoms with Gasteiger partial charge in [0.25, 0.3) is 0 Å². The van der Waals surface area contributed by atoms with Crippen molar-refractivity contribution in [2.75, 3.05) is 33.4 Å². The summed E-state index contributed by atoms with van der Waals surface area (Å²) in [6.45, 7) is 7.01. The summed E-state index contributed by atoms with van der Waals surface area (Å²) >= 11 is 0. The molecule has 1 amide bonds. The van der Waals surface area contributed by atoms with Gasteiger partial charge in [-0.15, -0.1) is 0 Å².